The number of fused-ring (bicyclic) bond motifs is 1. The normalized spacial score (nSPS) is 23.7. The number of amides is 3. The molecular weight excluding hydrogens is 398 g/mol. The first-order valence-electron chi connectivity index (χ1n) is 9.96. The number of nitrogens with one attached hydrogen (secondary N) is 1. The third-order valence-electron chi connectivity index (χ3n) is 5.89. The van der Waals surface area contributed by atoms with Gasteiger partial charge in [0.15, 0.2) is 11.6 Å². The molecule has 8 heteroatoms. The van der Waals surface area contributed by atoms with Gasteiger partial charge in [0.1, 0.15) is 6.04 Å². The largest absolute Gasteiger partial charge is 0.348 e. The summed E-state index contributed by atoms with van der Waals surface area (Å²) in [6.45, 7) is 1.66. The van der Waals surface area contributed by atoms with E-state index in [0.717, 1.165) is 25.0 Å². The van der Waals surface area contributed by atoms with Crippen molar-refractivity contribution in [1.82, 2.24) is 10.2 Å². The molecule has 1 aliphatic heterocycles. The minimum Gasteiger partial charge on any atom is -0.348 e. The molecule has 5 nitrogen and oxygen atoms in total. The van der Waals surface area contributed by atoms with Gasteiger partial charge in [0.25, 0.3) is 0 Å². The van der Waals surface area contributed by atoms with Gasteiger partial charge < -0.3 is 5.32 Å². The Hall–Kier alpha value is -1.96. The third-order valence-corrected chi connectivity index (χ3v) is 6.53. The molecular formula is C21H26F2N2O3S. The molecule has 4 atom stereocenters. The summed E-state index contributed by atoms with van der Waals surface area (Å²) in [5.41, 5.74) is 0.411. The zero-order valence-electron chi connectivity index (χ0n) is 16.6. The van der Waals surface area contributed by atoms with Crippen LogP contribution in [0.5, 0.6) is 0 Å². The minimum absolute atomic E-state index is 0.249. The highest BCUT2D eigenvalue weighted by atomic mass is 32.2. The van der Waals surface area contributed by atoms with Crippen LogP contribution in [0.4, 0.5) is 8.78 Å². The summed E-state index contributed by atoms with van der Waals surface area (Å²) in [7, 11) is 0. The van der Waals surface area contributed by atoms with Crippen LogP contribution in [0, 0.1) is 23.5 Å². The lowest BCUT2D eigenvalue weighted by Crippen LogP contribution is -2.50. The number of likely N-dealkylation sites (tertiary alicyclic amines) is 1. The molecule has 29 heavy (non-hydrogen) atoms. The van der Waals surface area contributed by atoms with Crippen molar-refractivity contribution in [2.24, 2.45) is 11.8 Å². The summed E-state index contributed by atoms with van der Waals surface area (Å²) >= 11 is 1.53. The second-order valence-corrected chi connectivity index (χ2v) is 8.73. The van der Waals surface area contributed by atoms with Gasteiger partial charge in [-0.05, 0) is 55.9 Å². The molecule has 1 aromatic carbocycles. The zero-order valence-corrected chi connectivity index (χ0v) is 17.4. The number of hydrogen-bond donors (Lipinski definition) is 1. The summed E-state index contributed by atoms with van der Waals surface area (Å²) in [6, 6.07) is 1.97. The van der Waals surface area contributed by atoms with Gasteiger partial charge in [-0.3, -0.25) is 19.3 Å². The lowest BCUT2D eigenvalue weighted by molar-refractivity contribution is -0.148. The first kappa shape index (κ1) is 21.7. The van der Waals surface area contributed by atoms with E-state index in [4.69, 9.17) is 0 Å². The highest BCUT2D eigenvalue weighted by Crippen LogP contribution is 2.39. The molecule has 2 fully saturated rings. The minimum atomic E-state index is -0.989. The number of carbonyl (C=O) groups is 3. The molecule has 0 spiro atoms. The number of carbonyl (C=O) groups excluding carboxylic acids is 3. The molecule has 0 aromatic heterocycles. The van der Waals surface area contributed by atoms with Gasteiger partial charge in [-0.1, -0.05) is 18.9 Å². The lowest BCUT2D eigenvalue weighted by atomic mass is 9.81. The Morgan fingerprint density at radius 3 is 2.34 bits per heavy atom. The van der Waals surface area contributed by atoms with Gasteiger partial charge in [0, 0.05) is 0 Å². The Labute approximate surface area is 173 Å². The topological polar surface area (TPSA) is 66.5 Å². The fourth-order valence-corrected chi connectivity index (χ4v) is 4.74. The molecule has 1 heterocycles. The maximum absolute atomic E-state index is 13.5. The number of thioether (sulfide) groups is 1. The SMILES string of the molecule is CSCCC(C(=O)NC(C)c1ccc(F)c(F)c1)N1C(=O)C2CCCCC2C1=O. The van der Waals surface area contributed by atoms with Gasteiger partial charge in [0.05, 0.1) is 17.9 Å². The van der Waals surface area contributed by atoms with Crippen LogP contribution in [-0.4, -0.2) is 40.7 Å². The van der Waals surface area contributed by atoms with Gasteiger partial charge >= 0.3 is 0 Å². The van der Waals surface area contributed by atoms with E-state index < -0.39 is 29.6 Å². The maximum atomic E-state index is 13.5. The number of hydrogen-bond acceptors (Lipinski definition) is 4. The van der Waals surface area contributed by atoms with Crippen molar-refractivity contribution in [2.75, 3.05) is 12.0 Å². The Kier molecular flexibility index (Phi) is 6.93. The van der Waals surface area contributed by atoms with Gasteiger partial charge in [-0.25, -0.2) is 8.78 Å². The highest BCUT2D eigenvalue weighted by molar-refractivity contribution is 7.98. The second kappa shape index (κ2) is 9.24. The Bertz CT molecular complexity index is 780. The molecule has 1 aromatic rings. The van der Waals surface area contributed by atoms with Crippen LogP contribution >= 0.6 is 11.8 Å². The van der Waals surface area contributed by atoms with Crippen LogP contribution in [0.25, 0.3) is 0 Å². The van der Waals surface area contributed by atoms with Crippen LogP contribution in [-0.2, 0) is 14.4 Å². The number of benzene rings is 1. The summed E-state index contributed by atoms with van der Waals surface area (Å²) in [5.74, 6) is -2.91. The molecule has 4 unspecified atom stereocenters. The molecule has 1 saturated heterocycles. The van der Waals surface area contributed by atoms with Crippen molar-refractivity contribution in [3.63, 3.8) is 0 Å². The predicted molar refractivity (Wildman–Crippen MR) is 107 cm³/mol. The van der Waals surface area contributed by atoms with Gasteiger partial charge in [-0.15, -0.1) is 0 Å². The third kappa shape index (κ3) is 4.47. The van der Waals surface area contributed by atoms with E-state index in [2.05, 4.69) is 5.32 Å². The highest BCUT2D eigenvalue weighted by Gasteiger charge is 2.51. The number of imide groups is 1. The average molecular weight is 425 g/mol. The first-order valence-corrected chi connectivity index (χ1v) is 11.4. The quantitative estimate of drug-likeness (QED) is 0.681. The molecule has 2 aliphatic rings. The van der Waals surface area contributed by atoms with Gasteiger partial charge in [-0.2, -0.15) is 11.8 Å². The molecule has 158 valence electrons. The number of halogens is 2. The molecule has 3 rings (SSSR count). The summed E-state index contributed by atoms with van der Waals surface area (Å²) in [4.78, 5) is 40.1. The molecule has 1 N–H and O–H groups in total. The van der Waals surface area contributed by atoms with Crippen molar-refractivity contribution in [2.45, 2.75) is 51.1 Å². The van der Waals surface area contributed by atoms with E-state index in [-0.39, 0.29) is 23.7 Å². The van der Waals surface area contributed by atoms with Crippen molar-refractivity contribution in [3.8, 4) is 0 Å². The molecule has 0 bridgehead atoms. The Balaban J connectivity index is 1.78. The van der Waals surface area contributed by atoms with Crippen LogP contribution in [0.3, 0.4) is 0 Å². The fraction of sp³-hybridized carbons (Fsp3) is 0.571. The Morgan fingerprint density at radius 2 is 1.79 bits per heavy atom. The van der Waals surface area contributed by atoms with E-state index in [0.29, 0.717) is 30.6 Å². The van der Waals surface area contributed by atoms with E-state index >= 15 is 0 Å². The fourth-order valence-electron chi connectivity index (χ4n) is 4.28. The van der Waals surface area contributed by atoms with Crippen molar-refractivity contribution in [1.29, 1.82) is 0 Å². The average Bonchev–Trinajstić information content (AvgIpc) is 2.95. The summed E-state index contributed by atoms with van der Waals surface area (Å²) < 4.78 is 26.7. The van der Waals surface area contributed by atoms with Crippen molar-refractivity contribution < 1.29 is 23.2 Å². The summed E-state index contributed by atoms with van der Waals surface area (Å²) in [6.07, 6.45) is 5.47. The Morgan fingerprint density at radius 1 is 1.17 bits per heavy atom. The molecule has 1 saturated carbocycles. The lowest BCUT2D eigenvalue weighted by Gasteiger charge is -2.27. The van der Waals surface area contributed by atoms with E-state index in [1.807, 2.05) is 6.26 Å². The standard InChI is InChI=1S/C21H26F2N2O3S/c1-12(13-7-8-16(22)17(23)11-13)24-19(26)18(9-10-29-2)25-20(27)14-5-3-4-6-15(14)21(25)28/h7-8,11-12,14-15,18H,3-6,9-10H2,1-2H3,(H,24,26). The van der Waals surface area contributed by atoms with Crippen molar-refractivity contribution in [3.05, 3.63) is 35.4 Å². The zero-order chi connectivity index (χ0) is 21.1. The first-order chi connectivity index (χ1) is 13.8. The monoisotopic (exact) mass is 424 g/mol. The molecule has 0 radical (unpaired) electrons. The van der Waals surface area contributed by atoms with E-state index in [1.165, 1.54) is 22.7 Å². The number of rotatable bonds is 7. The van der Waals surface area contributed by atoms with Gasteiger partial charge in [0.2, 0.25) is 17.7 Å². The van der Waals surface area contributed by atoms with Crippen LogP contribution in [0.1, 0.15) is 50.6 Å². The van der Waals surface area contributed by atoms with Crippen LogP contribution < -0.4 is 5.32 Å². The van der Waals surface area contributed by atoms with E-state index in [9.17, 15) is 23.2 Å². The van der Waals surface area contributed by atoms with Crippen LogP contribution in [0.15, 0.2) is 18.2 Å². The smallest absolute Gasteiger partial charge is 0.243 e. The summed E-state index contributed by atoms with van der Waals surface area (Å²) in [5, 5.41) is 2.77. The molecule has 1 aliphatic carbocycles. The molecule has 3 amide bonds. The maximum Gasteiger partial charge on any atom is 0.243 e. The predicted octanol–water partition coefficient (Wildman–Crippen LogP) is 3.44. The second-order valence-electron chi connectivity index (χ2n) is 7.75. The van der Waals surface area contributed by atoms with Crippen LogP contribution in [0.2, 0.25) is 0 Å². The van der Waals surface area contributed by atoms with E-state index in [1.54, 1.807) is 6.92 Å². The van der Waals surface area contributed by atoms with Crippen molar-refractivity contribution >= 4 is 29.5 Å². The number of nitrogens with zero attached hydrogens (tertiary/aromatic N) is 1.